The quantitative estimate of drug-likeness (QED) is 0.466. The van der Waals surface area contributed by atoms with Crippen LogP contribution in [0.1, 0.15) is 69.8 Å². The summed E-state index contributed by atoms with van der Waals surface area (Å²) in [6.07, 6.45) is 18.4. The van der Waals surface area contributed by atoms with E-state index in [9.17, 15) is 0 Å². The van der Waals surface area contributed by atoms with Gasteiger partial charge in [0, 0.05) is 31.3 Å². The molecule has 5 aliphatic rings. The maximum atomic E-state index is 7.39. The first-order valence-electron chi connectivity index (χ1n) is 13.6. The van der Waals surface area contributed by atoms with Crippen molar-refractivity contribution in [3.8, 4) is 0 Å². The van der Waals surface area contributed by atoms with Gasteiger partial charge in [0.15, 0.2) is 0 Å². The molecule has 7 rings (SSSR count). The van der Waals surface area contributed by atoms with Crippen molar-refractivity contribution in [3.63, 3.8) is 0 Å². The Morgan fingerprint density at radius 1 is 1.09 bits per heavy atom. The minimum absolute atomic E-state index is 0.113. The second-order valence-electron chi connectivity index (χ2n) is 11.9. The number of pyridine rings is 1. The molecule has 2 aliphatic heterocycles. The molecule has 0 radical (unpaired) electrons. The third-order valence-corrected chi connectivity index (χ3v) is 10.3. The van der Waals surface area contributed by atoms with Crippen molar-refractivity contribution in [2.45, 2.75) is 81.5 Å². The minimum Gasteiger partial charge on any atom is -0.382 e. The fourth-order valence-corrected chi connectivity index (χ4v) is 8.67. The normalized spacial score (nSPS) is 39.5. The number of fused-ring (bicyclic) bond motifs is 2. The van der Waals surface area contributed by atoms with E-state index in [1.54, 1.807) is 7.11 Å². The molecule has 3 aliphatic carbocycles. The predicted molar refractivity (Wildman–Crippen MR) is 137 cm³/mol. The summed E-state index contributed by atoms with van der Waals surface area (Å²) >= 11 is 0. The van der Waals surface area contributed by atoms with Crippen LogP contribution < -0.4 is 0 Å². The Kier molecular flexibility index (Phi) is 5.07. The van der Waals surface area contributed by atoms with Crippen LogP contribution in [0.2, 0.25) is 0 Å². The summed E-state index contributed by atoms with van der Waals surface area (Å²) in [6.45, 7) is 3.89. The second kappa shape index (κ2) is 7.99. The molecule has 35 heavy (non-hydrogen) atoms. The van der Waals surface area contributed by atoms with Crippen molar-refractivity contribution in [3.05, 3.63) is 65.5 Å². The third kappa shape index (κ3) is 3.19. The summed E-state index contributed by atoms with van der Waals surface area (Å²) in [5.41, 5.74) is 4.50. The summed E-state index contributed by atoms with van der Waals surface area (Å²) in [6, 6.07) is 9.17. The molecule has 1 aromatic heterocycles. The van der Waals surface area contributed by atoms with Gasteiger partial charge in [0.25, 0.3) is 0 Å². The van der Waals surface area contributed by atoms with E-state index in [4.69, 9.17) is 14.2 Å². The van der Waals surface area contributed by atoms with E-state index in [-0.39, 0.29) is 22.7 Å². The Morgan fingerprint density at radius 3 is 2.94 bits per heavy atom. The van der Waals surface area contributed by atoms with Crippen LogP contribution >= 0.6 is 0 Å². The van der Waals surface area contributed by atoms with Crippen LogP contribution in [0.3, 0.4) is 0 Å². The maximum absolute atomic E-state index is 7.39. The molecule has 4 heteroatoms. The van der Waals surface area contributed by atoms with Crippen LogP contribution in [0.5, 0.6) is 0 Å². The van der Waals surface area contributed by atoms with Gasteiger partial charge in [-0.05, 0) is 96.4 Å². The first-order valence-corrected chi connectivity index (χ1v) is 13.6. The molecular weight excluding hydrogens is 434 g/mol. The molecule has 6 atom stereocenters. The van der Waals surface area contributed by atoms with E-state index in [1.807, 2.05) is 12.4 Å². The number of hydrogen-bond donors (Lipinski definition) is 0. The lowest BCUT2D eigenvalue weighted by atomic mass is 9.58. The monoisotopic (exact) mass is 471 g/mol. The summed E-state index contributed by atoms with van der Waals surface area (Å²) < 4.78 is 18.8. The number of benzene rings is 1. The number of ether oxygens (including phenoxy) is 3. The highest BCUT2D eigenvalue weighted by Gasteiger charge is 2.66. The van der Waals surface area contributed by atoms with Gasteiger partial charge in [-0.25, -0.2) is 0 Å². The molecule has 184 valence electrons. The molecule has 3 fully saturated rings. The molecule has 1 saturated heterocycles. The molecule has 3 heterocycles. The Morgan fingerprint density at radius 2 is 2.03 bits per heavy atom. The zero-order chi connectivity index (χ0) is 23.7. The van der Waals surface area contributed by atoms with Gasteiger partial charge in [-0.2, -0.15) is 0 Å². The first kappa shape index (κ1) is 22.2. The van der Waals surface area contributed by atoms with Gasteiger partial charge in [0.2, 0.25) is 0 Å². The van der Waals surface area contributed by atoms with Crippen LogP contribution in [0.15, 0.2) is 60.0 Å². The van der Waals surface area contributed by atoms with Crippen molar-refractivity contribution in [2.24, 2.45) is 11.3 Å². The fourth-order valence-electron chi connectivity index (χ4n) is 8.67. The van der Waals surface area contributed by atoms with Crippen molar-refractivity contribution in [1.82, 2.24) is 4.98 Å². The molecule has 2 aromatic rings. The van der Waals surface area contributed by atoms with Crippen LogP contribution in [-0.2, 0) is 14.2 Å². The standard InChI is InChI=1S/C31H37NO3/c1-29-11-9-25-18-24-5-6-26(34-16-15-33-2)19-30(24)12-13-31(25,35-30)28(29)8-7-27(29)22-4-3-21-10-14-32-20-23(21)17-22/h3-4,9-10,14,17-18,20,26-28H,5-8,11-13,15-16,19H2,1-2H3/t26-,27-,28?,29-,30-,31-/m1/s1. The van der Waals surface area contributed by atoms with Crippen molar-refractivity contribution in [1.29, 1.82) is 0 Å². The van der Waals surface area contributed by atoms with Crippen molar-refractivity contribution in [2.75, 3.05) is 20.3 Å². The molecule has 0 amide bonds. The molecule has 2 bridgehead atoms. The summed E-state index contributed by atoms with van der Waals surface area (Å²) in [5.74, 6) is 1.13. The topological polar surface area (TPSA) is 40.6 Å². The molecule has 2 spiro atoms. The number of nitrogens with zero attached hydrogens (tertiary/aromatic N) is 1. The average molecular weight is 472 g/mol. The lowest BCUT2D eigenvalue weighted by Crippen LogP contribution is -2.54. The summed E-state index contributed by atoms with van der Waals surface area (Å²) in [4.78, 5) is 4.38. The van der Waals surface area contributed by atoms with E-state index >= 15 is 0 Å². The largest absolute Gasteiger partial charge is 0.382 e. The SMILES string of the molecule is COCCO[C@@H]1CCC2=CC3=CC[C@@]4(C)C(CC[C@@H]4c4ccc5ccncc5c4)[C@@]34CC[C@]2(C1)O4. The van der Waals surface area contributed by atoms with Gasteiger partial charge >= 0.3 is 0 Å². The molecule has 4 nitrogen and oxygen atoms in total. The summed E-state index contributed by atoms with van der Waals surface area (Å²) in [5, 5.41) is 2.53. The highest BCUT2D eigenvalue weighted by Crippen LogP contribution is 2.69. The lowest BCUT2D eigenvalue weighted by Gasteiger charge is -2.54. The maximum Gasteiger partial charge on any atom is 0.0974 e. The molecule has 1 unspecified atom stereocenters. The number of methoxy groups -OCH3 is 1. The Bertz CT molecular complexity index is 1220. The fraction of sp³-hybridized carbons (Fsp3) is 0.581. The van der Waals surface area contributed by atoms with Gasteiger partial charge in [0.1, 0.15) is 0 Å². The zero-order valence-corrected chi connectivity index (χ0v) is 21.1. The van der Waals surface area contributed by atoms with E-state index in [1.165, 1.54) is 40.3 Å². The number of aromatic nitrogens is 1. The molecule has 0 N–H and O–H groups in total. The van der Waals surface area contributed by atoms with E-state index in [0.717, 1.165) is 38.5 Å². The second-order valence-corrected chi connectivity index (χ2v) is 11.9. The zero-order valence-electron chi connectivity index (χ0n) is 21.1. The molecular formula is C31H37NO3. The lowest BCUT2D eigenvalue weighted by molar-refractivity contribution is -0.150. The van der Waals surface area contributed by atoms with Gasteiger partial charge in [-0.1, -0.05) is 31.2 Å². The first-order chi connectivity index (χ1) is 17.1. The van der Waals surface area contributed by atoms with Gasteiger partial charge in [0.05, 0.1) is 30.5 Å². The van der Waals surface area contributed by atoms with Crippen molar-refractivity contribution < 1.29 is 14.2 Å². The van der Waals surface area contributed by atoms with Gasteiger partial charge in [-0.15, -0.1) is 0 Å². The van der Waals surface area contributed by atoms with Crippen molar-refractivity contribution >= 4 is 10.8 Å². The molecule has 2 saturated carbocycles. The smallest absolute Gasteiger partial charge is 0.0974 e. The number of rotatable bonds is 5. The minimum atomic E-state index is -0.113. The van der Waals surface area contributed by atoms with Gasteiger partial charge < -0.3 is 14.2 Å². The molecule has 1 aromatic carbocycles. The Balaban J connectivity index is 1.21. The highest BCUT2D eigenvalue weighted by molar-refractivity contribution is 5.82. The van der Waals surface area contributed by atoms with Crippen LogP contribution in [0.4, 0.5) is 0 Å². The van der Waals surface area contributed by atoms with Crippen LogP contribution in [0, 0.1) is 11.3 Å². The summed E-state index contributed by atoms with van der Waals surface area (Å²) in [7, 11) is 1.74. The third-order valence-electron chi connectivity index (χ3n) is 10.3. The van der Waals surface area contributed by atoms with E-state index < -0.39 is 0 Å². The predicted octanol–water partition coefficient (Wildman–Crippen LogP) is 6.51. The number of hydrogen-bond acceptors (Lipinski definition) is 4. The highest BCUT2D eigenvalue weighted by atomic mass is 16.5. The Labute approximate surface area is 208 Å². The number of allylic oxidation sites excluding steroid dienone is 1. The van der Waals surface area contributed by atoms with Crippen LogP contribution in [0.25, 0.3) is 10.8 Å². The van der Waals surface area contributed by atoms with Gasteiger partial charge in [-0.3, -0.25) is 4.98 Å². The van der Waals surface area contributed by atoms with Crippen LogP contribution in [-0.4, -0.2) is 42.6 Å². The van der Waals surface area contributed by atoms with E-state index in [2.05, 4.69) is 48.3 Å². The average Bonchev–Trinajstić information content (AvgIpc) is 3.39. The Hall–Kier alpha value is -2.01. The van der Waals surface area contributed by atoms with E-state index in [0.29, 0.717) is 25.0 Å².